The van der Waals surface area contributed by atoms with Crippen LogP contribution in [0.1, 0.15) is 6.42 Å². The molecule has 6 nitrogen and oxygen atoms in total. The smallest absolute Gasteiger partial charge is 0.225 e. The average molecular weight is 385 g/mol. The Balaban J connectivity index is 1.22. The Bertz CT molecular complexity index is 820. The molecule has 2 aromatic carbocycles. The van der Waals surface area contributed by atoms with Gasteiger partial charge in [0.25, 0.3) is 0 Å². The minimum atomic E-state index is -0.216. The van der Waals surface area contributed by atoms with Crippen LogP contribution in [0.4, 0.5) is 15.8 Å². The molecule has 0 aliphatic carbocycles. The minimum Gasteiger partial charge on any atom is -0.486 e. The molecule has 4 rings (SSSR count). The molecular formula is C21H24FN3O3. The van der Waals surface area contributed by atoms with Crippen molar-refractivity contribution in [3.63, 3.8) is 0 Å². The van der Waals surface area contributed by atoms with Crippen LogP contribution in [0.25, 0.3) is 0 Å². The molecule has 1 saturated heterocycles. The molecule has 28 heavy (non-hydrogen) atoms. The summed E-state index contributed by atoms with van der Waals surface area (Å²) in [6.45, 7) is 5.29. The lowest BCUT2D eigenvalue weighted by Gasteiger charge is -2.36. The van der Waals surface area contributed by atoms with Crippen molar-refractivity contribution in [1.29, 1.82) is 0 Å². The van der Waals surface area contributed by atoms with E-state index in [2.05, 4.69) is 15.1 Å². The monoisotopic (exact) mass is 385 g/mol. The molecule has 2 aliphatic rings. The van der Waals surface area contributed by atoms with Crippen molar-refractivity contribution in [3.8, 4) is 11.5 Å². The zero-order chi connectivity index (χ0) is 19.3. The van der Waals surface area contributed by atoms with Crippen molar-refractivity contribution < 1.29 is 18.7 Å². The number of piperazine rings is 1. The molecule has 1 amide bonds. The number of amides is 1. The van der Waals surface area contributed by atoms with Gasteiger partial charge in [0.1, 0.15) is 19.0 Å². The third-order valence-electron chi connectivity index (χ3n) is 5.05. The topological polar surface area (TPSA) is 54.0 Å². The zero-order valence-electron chi connectivity index (χ0n) is 15.7. The van der Waals surface area contributed by atoms with Gasteiger partial charge in [-0.2, -0.15) is 0 Å². The fourth-order valence-corrected chi connectivity index (χ4v) is 3.49. The molecule has 0 aromatic heterocycles. The quantitative estimate of drug-likeness (QED) is 0.858. The number of hydrogen-bond acceptors (Lipinski definition) is 5. The summed E-state index contributed by atoms with van der Waals surface area (Å²) in [5.74, 6) is 1.15. The molecule has 0 bridgehead atoms. The summed E-state index contributed by atoms with van der Waals surface area (Å²) in [6.07, 6.45) is 0.436. The molecule has 0 saturated carbocycles. The van der Waals surface area contributed by atoms with Gasteiger partial charge in [-0.25, -0.2) is 4.39 Å². The molecule has 0 radical (unpaired) electrons. The maximum Gasteiger partial charge on any atom is 0.225 e. The predicted octanol–water partition coefficient (Wildman–Crippen LogP) is 2.75. The van der Waals surface area contributed by atoms with E-state index in [9.17, 15) is 9.18 Å². The summed E-state index contributed by atoms with van der Waals surface area (Å²) < 4.78 is 24.1. The van der Waals surface area contributed by atoms with Gasteiger partial charge in [-0.1, -0.05) is 0 Å². The van der Waals surface area contributed by atoms with E-state index in [-0.39, 0.29) is 11.7 Å². The van der Waals surface area contributed by atoms with E-state index in [1.54, 1.807) is 6.07 Å². The first-order valence-corrected chi connectivity index (χ1v) is 9.60. The standard InChI is InChI=1S/C21H24FN3O3/c22-16-1-4-18(5-2-16)25-11-9-24(10-12-25)8-7-21(26)23-17-3-6-19-20(15-17)28-14-13-27-19/h1-6,15H,7-14H2,(H,23,26). The van der Waals surface area contributed by atoms with Gasteiger partial charge in [0.2, 0.25) is 5.91 Å². The number of fused-ring (bicyclic) bond motifs is 1. The number of nitrogens with one attached hydrogen (secondary N) is 1. The summed E-state index contributed by atoms with van der Waals surface area (Å²) in [6, 6.07) is 12.0. The highest BCUT2D eigenvalue weighted by Gasteiger charge is 2.18. The molecule has 2 aromatic rings. The molecule has 0 spiro atoms. The Kier molecular flexibility index (Phi) is 5.62. The van der Waals surface area contributed by atoms with Crippen LogP contribution < -0.4 is 19.7 Å². The van der Waals surface area contributed by atoms with Crippen LogP contribution in [0.2, 0.25) is 0 Å². The Hall–Kier alpha value is -2.80. The molecule has 1 N–H and O–H groups in total. The number of carbonyl (C=O) groups excluding carboxylic acids is 1. The van der Waals surface area contributed by atoms with Crippen LogP contribution in [0.3, 0.4) is 0 Å². The first-order valence-electron chi connectivity index (χ1n) is 9.60. The fraction of sp³-hybridized carbons (Fsp3) is 0.381. The third-order valence-corrected chi connectivity index (χ3v) is 5.05. The number of halogens is 1. The summed E-state index contributed by atoms with van der Waals surface area (Å²) >= 11 is 0. The van der Waals surface area contributed by atoms with Gasteiger partial charge in [-0.05, 0) is 36.4 Å². The fourth-order valence-electron chi connectivity index (χ4n) is 3.49. The Morgan fingerprint density at radius 1 is 0.964 bits per heavy atom. The lowest BCUT2D eigenvalue weighted by atomic mass is 10.2. The van der Waals surface area contributed by atoms with Crippen LogP contribution in [0, 0.1) is 5.82 Å². The second kappa shape index (κ2) is 8.48. The summed E-state index contributed by atoms with van der Waals surface area (Å²) in [4.78, 5) is 16.8. The van der Waals surface area contributed by atoms with E-state index in [0.29, 0.717) is 37.7 Å². The van der Waals surface area contributed by atoms with Gasteiger partial charge in [-0.3, -0.25) is 9.69 Å². The minimum absolute atomic E-state index is 0.0161. The highest BCUT2D eigenvalue weighted by atomic mass is 19.1. The van der Waals surface area contributed by atoms with E-state index >= 15 is 0 Å². The number of hydrogen-bond donors (Lipinski definition) is 1. The number of ether oxygens (including phenoxy) is 2. The van der Waals surface area contributed by atoms with E-state index in [1.165, 1.54) is 12.1 Å². The third kappa shape index (κ3) is 4.54. The highest BCUT2D eigenvalue weighted by molar-refractivity contribution is 5.91. The zero-order valence-corrected chi connectivity index (χ0v) is 15.7. The largest absolute Gasteiger partial charge is 0.486 e. The first kappa shape index (κ1) is 18.6. The molecule has 2 heterocycles. The molecular weight excluding hydrogens is 361 g/mol. The summed E-state index contributed by atoms with van der Waals surface area (Å²) in [5.41, 5.74) is 1.76. The highest BCUT2D eigenvalue weighted by Crippen LogP contribution is 2.32. The van der Waals surface area contributed by atoms with E-state index in [0.717, 1.165) is 37.6 Å². The van der Waals surface area contributed by atoms with Gasteiger partial charge in [0.05, 0.1) is 0 Å². The van der Waals surface area contributed by atoms with Crippen LogP contribution in [-0.4, -0.2) is 56.7 Å². The van der Waals surface area contributed by atoms with Gasteiger partial charge in [0.15, 0.2) is 11.5 Å². The van der Waals surface area contributed by atoms with Crippen LogP contribution in [0.5, 0.6) is 11.5 Å². The summed E-state index contributed by atoms with van der Waals surface area (Å²) in [5, 5.41) is 2.92. The van der Waals surface area contributed by atoms with Crippen molar-refractivity contribution in [1.82, 2.24) is 4.90 Å². The van der Waals surface area contributed by atoms with E-state index in [1.807, 2.05) is 24.3 Å². The van der Waals surface area contributed by atoms with Crippen molar-refractivity contribution in [2.24, 2.45) is 0 Å². The van der Waals surface area contributed by atoms with E-state index < -0.39 is 0 Å². The number of benzene rings is 2. The van der Waals surface area contributed by atoms with Crippen LogP contribution >= 0.6 is 0 Å². The lowest BCUT2D eigenvalue weighted by molar-refractivity contribution is -0.116. The number of nitrogens with zero attached hydrogens (tertiary/aromatic N) is 2. The molecule has 1 fully saturated rings. The second-order valence-corrected chi connectivity index (χ2v) is 6.96. The van der Waals surface area contributed by atoms with Crippen molar-refractivity contribution in [2.75, 3.05) is 56.2 Å². The Morgan fingerprint density at radius 2 is 1.68 bits per heavy atom. The van der Waals surface area contributed by atoms with E-state index in [4.69, 9.17) is 9.47 Å². The van der Waals surface area contributed by atoms with Crippen LogP contribution in [0.15, 0.2) is 42.5 Å². The number of anilines is 2. The van der Waals surface area contributed by atoms with Crippen molar-refractivity contribution in [3.05, 3.63) is 48.3 Å². The number of rotatable bonds is 5. The molecule has 7 heteroatoms. The average Bonchev–Trinajstić information content (AvgIpc) is 2.73. The van der Waals surface area contributed by atoms with Gasteiger partial charge < -0.3 is 19.7 Å². The maximum atomic E-state index is 13.1. The first-order chi connectivity index (χ1) is 13.7. The summed E-state index contributed by atoms with van der Waals surface area (Å²) in [7, 11) is 0. The molecule has 2 aliphatic heterocycles. The SMILES string of the molecule is O=C(CCN1CCN(c2ccc(F)cc2)CC1)Nc1ccc2c(c1)OCCO2. The van der Waals surface area contributed by atoms with Gasteiger partial charge >= 0.3 is 0 Å². The van der Waals surface area contributed by atoms with Gasteiger partial charge in [0, 0.05) is 56.6 Å². The Morgan fingerprint density at radius 3 is 2.43 bits per heavy atom. The normalized spacial score (nSPS) is 16.7. The maximum absolute atomic E-state index is 13.1. The molecule has 0 atom stereocenters. The molecule has 148 valence electrons. The van der Waals surface area contributed by atoms with Crippen molar-refractivity contribution in [2.45, 2.75) is 6.42 Å². The van der Waals surface area contributed by atoms with Crippen molar-refractivity contribution >= 4 is 17.3 Å². The van der Waals surface area contributed by atoms with Crippen LogP contribution in [-0.2, 0) is 4.79 Å². The predicted molar refractivity (Wildman–Crippen MR) is 106 cm³/mol. The lowest BCUT2D eigenvalue weighted by Crippen LogP contribution is -2.47. The number of carbonyl (C=O) groups is 1. The van der Waals surface area contributed by atoms with Gasteiger partial charge in [-0.15, -0.1) is 0 Å². The molecule has 0 unspecified atom stereocenters. The Labute approximate surface area is 163 Å². The second-order valence-electron chi connectivity index (χ2n) is 6.96.